The van der Waals surface area contributed by atoms with Gasteiger partial charge in [0.05, 0.1) is 13.2 Å². The number of hydrogen-bond donors (Lipinski definition) is 1. The standard InChI is InChI=1S/C7H12O4S2/c1-5(4-11-7(9)13)2-3-10-6(8)12/h5H,2-4H2,1H3,(H,8,12)(H,9,13)/p-1. The fraction of sp³-hybridized carbons (Fsp3) is 0.714. The molecular formula is C7H11O4S2-. The first kappa shape index (κ1) is 12.5. The molecule has 1 atom stereocenters. The van der Waals surface area contributed by atoms with E-state index in [4.69, 9.17) is 0 Å². The summed E-state index contributed by atoms with van der Waals surface area (Å²) in [5.74, 6) is 0.130. The van der Waals surface area contributed by atoms with E-state index in [1.807, 2.05) is 6.92 Å². The van der Waals surface area contributed by atoms with Crippen molar-refractivity contribution in [3.05, 3.63) is 0 Å². The highest BCUT2D eigenvalue weighted by Crippen LogP contribution is 2.03. The smallest absolute Gasteiger partial charge is 0.364 e. The fourth-order valence-corrected chi connectivity index (χ4v) is 0.798. The topological polar surface area (TPSA) is 52.6 Å². The third-order valence-electron chi connectivity index (χ3n) is 1.32. The summed E-state index contributed by atoms with van der Waals surface area (Å²) < 4.78 is 9.16. The van der Waals surface area contributed by atoms with Crippen LogP contribution >= 0.6 is 12.6 Å². The van der Waals surface area contributed by atoms with Crippen molar-refractivity contribution in [2.24, 2.45) is 5.92 Å². The number of hydrogen-bond acceptors (Lipinski definition) is 5. The molecule has 0 aromatic carbocycles. The van der Waals surface area contributed by atoms with Crippen molar-refractivity contribution < 1.29 is 19.1 Å². The molecule has 13 heavy (non-hydrogen) atoms. The van der Waals surface area contributed by atoms with Crippen LogP contribution in [-0.2, 0) is 22.1 Å². The van der Waals surface area contributed by atoms with Gasteiger partial charge >= 0.3 is 5.30 Å². The van der Waals surface area contributed by atoms with Crippen LogP contribution in [0, 0.1) is 5.92 Å². The zero-order valence-corrected chi connectivity index (χ0v) is 8.90. The third kappa shape index (κ3) is 9.42. The maximum Gasteiger partial charge on any atom is 0.364 e. The Labute approximate surface area is 87.8 Å². The molecule has 0 radical (unpaired) electrons. The lowest BCUT2D eigenvalue weighted by molar-refractivity contribution is 0.136. The van der Waals surface area contributed by atoms with Crippen LogP contribution in [0.3, 0.4) is 0 Å². The van der Waals surface area contributed by atoms with Crippen LogP contribution in [0.2, 0.25) is 0 Å². The van der Waals surface area contributed by atoms with E-state index in [9.17, 15) is 9.59 Å². The van der Waals surface area contributed by atoms with Gasteiger partial charge in [-0.1, -0.05) is 19.6 Å². The molecule has 0 aliphatic heterocycles. The monoisotopic (exact) mass is 223 g/mol. The van der Waals surface area contributed by atoms with E-state index in [1.165, 1.54) is 0 Å². The van der Waals surface area contributed by atoms with Crippen molar-refractivity contribution in [3.63, 3.8) is 0 Å². The SMILES string of the molecule is CC(CCOC(=O)[S-])COC(=O)S. The molecule has 0 fully saturated rings. The van der Waals surface area contributed by atoms with Gasteiger partial charge in [0, 0.05) is 0 Å². The van der Waals surface area contributed by atoms with Gasteiger partial charge in [-0.3, -0.25) is 4.79 Å². The number of thiol groups is 1. The lowest BCUT2D eigenvalue weighted by Crippen LogP contribution is -2.11. The summed E-state index contributed by atoms with van der Waals surface area (Å²) in [6.07, 6.45) is 0.615. The third-order valence-corrected chi connectivity index (χ3v) is 1.57. The Bertz CT molecular complexity index is 183. The summed E-state index contributed by atoms with van der Waals surface area (Å²) in [5, 5.41) is -1.31. The molecule has 0 aromatic heterocycles. The number of ether oxygens (including phenoxy) is 2. The molecule has 0 saturated heterocycles. The van der Waals surface area contributed by atoms with Crippen molar-refractivity contribution >= 4 is 35.9 Å². The predicted molar refractivity (Wildman–Crippen MR) is 52.8 cm³/mol. The zero-order valence-electron chi connectivity index (χ0n) is 7.19. The molecule has 0 aliphatic carbocycles. The highest BCUT2D eigenvalue weighted by atomic mass is 32.1. The van der Waals surface area contributed by atoms with Crippen molar-refractivity contribution in [2.45, 2.75) is 13.3 Å². The van der Waals surface area contributed by atoms with Gasteiger partial charge in [-0.05, 0) is 12.3 Å². The second kappa shape index (κ2) is 6.97. The minimum atomic E-state index is -0.710. The minimum Gasteiger partial charge on any atom is -0.698 e. The Balaban J connectivity index is 3.35. The van der Waals surface area contributed by atoms with Gasteiger partial charge in [-0.15, -0.1) is 0 Å². The normalized spacial score (nSPS) is 11.8. The minimum absolute atomic E-state index is 0.130. The van der Waals surface area contributed by atoms with Crippen LogP contribution < -0.4 is 0 Å². The average molecular weight is 223 g/mol. The lowest BCUT2D eigenvalue weighted by Gasteiger charge is -2.12. The van der Waals surface area contributed by atoms with E-state index in [2.05, 4.69) is 34.7 Å². The van der Waals surface area contributed by atoms with Gasteiger partial charge in [-0.25, -0.2) is 4.79 Å². The molecule has 76 valence electrons. The van der Waals surface area contributed by atoms with E-state index in [0.717, 1.165) is 0 Å². The van der Waals surface area contributed by atoms with Crippen LogP contribution in [-0.4, -0.2) is 23.8 Å². The Morgan fingerprint density at radius 2 is 2.08 bits per heavy atom. The van der Waals surface area contributed by atoms with E-state index < -0.39 is 10.6 Å². The van der Waals surface area contributed by atoms with Crippen molar-refractivity contribution in [1.82, 2.24) is 0 Å². The van der Waals surface area contributed by atoms with Crippen LogP contribution in [0.5, 0.6) is 0 Å². The molecule has 0 amide bonds. The summed E-state index contributed by atoms with van der Waals surface area (Å²) in [7, 11) is 0. The summed E-state index contributed by atoms with van der Waals surface area (Å²) in [4.78, 5) is 20.5. The van der Waals surface area contributed by atoms with Crippen molar-refractivity contribution in [2.75, 3.05) is 13.2 Å². The summed E-state index contributed by atoms with van der Waals surface area (Å²) in [6, 6.07) is 0. The van der Waals surface area contributed by atoms with E-state index in [1.54, 1.807) is 0 Å². The Morgan fingerprint density at radius 1 is 1.46 bits per heavy atom. The Hall–Kier alpha value is -0.490. The van der Waals surface area contributed by atoms with Crippen LogP contribution in [0.15, 0.2) is 0 Å². The molecule has 0 saturated carbocycles. The Kier molecular flexibility index (Phi) is 6.70. The van der Waals surface area contributed by atoms with E-state index in [0.29, 0.717) is 6.42 Å². The maximum absolute atomic E-state index is 10.3. The van der Waals surface area contributed by atoms with E-state index in [-0.39, 0.29) is 19.1 Å². The Morgan fingerprint density at radius 3 is 2.54 bits per heavy atom. The lowest BCUT2D eigenvalue weighted by atomic mass is 10.1. The molecule has 0 heterocycles. The first-order chi connectivity index (χ1) is 6.02. The van der Waals surface area contributed by atoms with Crippen LogP contribution in [0.1, 0.15) is 13.3 Å². The molecule has 6 heteroatoms. The molecule has 4 nitrogen and oxygen atoms in total. The first-order valence-electron chi connectivity index (χ1n) is 3.72. The molecule has 0 bridgehead atoms. The van der Waals surface area contributed by atoms with Gasteiger partial charge in [0.25, 0.3) is 0 Å². The van der Waals surface area contributed by atoms with Gasteiger partial charge in [0.1, 0.15) is 0 Å². The van der Waals surface area contributed by atoms with Gasteiger partial charge < -0.3 is 22.1 Å². The largest absolute Gasteiger partial charge is 0.698 e. The summed E-state index contributed by atoms with van der Waals surface area (Å²) >= 11 is 7.61. The molecule has 0 spiro atoms. The second-order valence-electron chi connectivity index (χ2n) is 2.57. The molecule has 0 rings (SSSR count). The summed E-state index contributed by atoms with van der Waals surface area (Å²) in [6.45, 7) is 2.40. The predicted octanol–water partition coefficient (Wildman–Crippen LogP) is 1.76. The van der Waals surface area contributed by atoms with Crippen molar-refractivity contribution in [1.29, 1.82) is 0 Å². The molecule has 0 N–H and O–H groups in total. The molecule has 0 aliphatic rings. The van der Waals surface area contributed by atoms with Crippen LogP contribution in [0.4, 0.5) is 9.59 Å². The fourth-order valence-electron chi connectivity index (χ4n) is 0.640. The molecule has 0 aromatic rings. The van der Waals surface area contributed by atoms with Crippen LogP contribution in [0.25, 0.3) is 0 Å². The zero-order chi connectivity index (χ0) is 10.3. The average Bonchev–Trinajstić information content (AvgIpc) is 2.00. The maximum atomic E-state index is 10.3. The quantitative estimate of drug-likeness (QED) is 0.437. The highest BCUT2D eigenvalue weighted by molar-refractivity contribution is 7.96. The van der Waals surface area contributed by atoms with Gasteiger partial charge in [0.2, 0.25) is 0 Å². The summed E-state index contributed by atoms with van der Waals surface area (Å²) in [5.41, 5.74) is 0. The molecule has 1 unspecified atom stereocenters. The molecular weight excluding hydrogens is 212 g/mol. The number of carbonyl (C=O) groups is 2. The van der Waals surface area contributed by atoms with Gasteiger partial charge in [0.15, 0.2) is 5.30 Å². The van der Waals surface area contributed by atoms with E-state index >= 15 is 0 Å². The van der Waals surface area contributed by atoms with Gasteiger partial charge in [-0.2, -0.15) is 0 Å². The number of carbonyl (C=O) groups excluding carboxylic acids is 2. The number of rotatable bonds is 5. The second-order valence-corrected chi connectivity index (χ2v) is 3.27. The first-order valence-corrected chi connectivity index (χ1v) is 4.57. The highest BCUT2D eigenvalue weighted by Gasteiger charge is 2.04. The van der Waals surface area contributed by atoms with Crippen molar-refractivity contribution in [3.8, 4) is 0 Å².